The largest absolute Gasteiger partial charge is 0.472 e. The van der Waals surface area contributed by atoms with Gasteiger partial charge in [-0.05, 0) is 25.7 Å². The van der Waals surface area contributed by atoms with Crippen LogP contribution in [0.2, 0.25) is 0 Å². The van der Waals surface area contributed by atoms with E-state index in [-0.39, 0.29) is 6.42 Å². The third-order valence-corrected chi connectivity index (χ3v) is 15.0. The fraction of sp³-hybridized carbons (Fsp3) is 0.942. The first-order chi connectivity index (χ1) is 36.2. The summed E-state index contributed by atoms with van der Waals surface area (Å²) in [6.45, 7) is 4.65. The van der Waals surface area contributed by atoms with Gasteiger partial charge in [0.25, 0.3) is 0 Å². The fourth-order valence-corrected chi connectivity index (χ4v) is 10.7. The van der Waals surface area contributed by atoms with Crippen LogP contribution in [0.3, 0.4) is 0 Å². The van der Waals surface area contributed by atoms with Crippen molar-refractivity contribution in [1.82, 2.24) is 10.6 Å². The Kier molecular flexibility index (Phi) is 37.5. The summed E-state index contributed by atoms with van der Waals surface area (Å²) < 4.78 is 56.9. The van der Waals surface area contributed by atoms with E-state index < -0.39 is 133 Å². The van der Waals surface area contributed by atoms with E-state index in [2.05, 4.69) is 31.4 Å². The number of esters is 1. The maximum atomic E-state index is 13.9. The van der Waals surface area contributed by atoms with Gasteiger partial charge in [0, 0.05) is 6.42 Å². The highest BCUT2D eigenvalue weighted by Gasteiger charge is 2.52. The van der Waals surface area contributed by atoms with Crippen molar-refractivity contribution in [3.63, 3.8) is 0 Å². The number of aliphatic hydroxyl groups excluding tert-OH is 5. The first-order valence-electron chi connectivity index (χ1n) is 28.7. The van der Waals surface area contributed by atoms with E-state index in [1.165, 1.54) is 64.2 Å². The van der Waals surface area contributed by atoms with Crippen LogP contribution >= 0.6 is 15.6 Å². The summed E-state index contributed by atoms with van der Waals surface area (Å²) >= 11 is 0. The second-order valence-corrected chi connectivity index (χ2v) is 23.3. The van der Waals surface area contributed by atoms with Crippen molar-refractivity contribution in [3.05, 3.63) is 0 Å². The van der Waals surface area contributed by atoms with Gasteiger partial charge in [0.1, 0.15) is 54.8 Å². The number of amides is 2. The average Bonchev–Trinajstić information content (AvgIpc) is 3.35. The Labute approximate surface area is 452 Å². The van der Waals surface area contributed by atoms with Crippen molar-refractivity contribution in [3.8, 4) is 0 Å². The highest BCUT2D eigenvalue weighted by Crippen LogP contribution is 2.43. The zero-order chi connectivity index (χ0) is 56.4. The summed E-state index contributed by atoms with van der Waals surface area (Å²) in [6.07, 6.45) is 10.8. The molecule has 0 aromatic rings. The number of unbranched alkanes of at least 4 members (excludes halogenated alkanes) is 24. The fourth-order valence-electron chi connectivity index (χ4n) is 9.70. The number of ether oxygens (including phenoxy) is 4. The van der Waals surface area contributed by atoms with E-state index >= 15 is 0 Å². The van der Waals surface area contributed by atoms with Crippen molar-refractivity contribution < 1.29 is 96.6 Å². The maximum absolute atomic E-state index is 13.9. The standard InChI is InChI=1S/C52H100N2O20P2/c1-4-7-10-13-16-19-22-25-28-31-38(56)34-42(57)53-45-48(61)47(60)41(72-52(45)74-76(66,67)68)37-69-51-46(49(62)50(40(36-55)71-51)73-75(63,64)65)54-43(58)35-39(32-29-26-23-20-17-14-11-8-5-2)70-44(59)33-30-27-24-21-18-15-12-9-6-3/h38-41,45-52,55-56,60-62H,4-37H2,1-3H3,(H,53,57)(H,54,58)(H2,63,64,65)(H2,66,67,68)/t38-,39-,40?,41?,45?,46-,47+,48-,49-,50+,51-,52+/m1/s1. The molecule has 24 heteroatoms. The number of hydrogen-bond donors (Lipinski definition) is 11. The molecule has 0 bridgehead atoms. The van der Waals surface area contributed by atoms with E-state index in [0.717, 1.165) is 89.9 Å². The molecule has 0 radical (unpaired) electrons. The molecule has 76 heavy (non-hydrogen) atoms. The lowest BCUT2D eigenvalue weighted by molar-refractivity contribution is -0.294. The van der Waals surface area contributed by atoms with E-state index in [1.807, 2.05) is 0 Å². The van der Waals surface area contributed by atoms with Crippen LogP contribution in [-0.2, 0) is 51.5 Å². The first kappa shape index (κ1) is 70.4. The molecule has 2 saturated heterocycles. The molecule has 11 N–H and O–H groups in total. The van der Waals surface area contributed by atoms with Crippen LogP contribution in [0.15, 0.2) is 0 Å². The molecule has 2 rings (SSSR count). The van der Waals surface area contributed by atoms with Gasteiger partial charge in [-0.25, -0.2) is 9.13 Å². The van der Waals surface area contributed by atoms with Gasteiger partial charge in [0.2, 0.25) is 11.8 Å². The highest BCUT2D eigenvalue weighted by atomic mass is 31.2. The lowest BCUT2D eigenvalue weighted by atomic mass is 9.95. The quantitative estimate of drug-likeness (QED) is 0.0168. The van der Waals surface area contributed by atoms with Crippen molar-refractivity contribution >= 4 is 33.4 Å². The van der Waals surface area contributed by atoms with E-state index in [0.29, 0.717) is 32.1 Å². The number of aliphatic hydroxyl groups is 5. The van der Waals surface area contributed by atoms with E-state index in [9.17, 15) is 68.6 Å². The molecule has 0 aromatic heterocycles. The molecule has 0 spiro atoms. The van der Waals surface area contributed by atoms with Crippen LogP contribution in [0, 0.1) is 0 Å². The number of phosphoric acid groups is 2. The Balaban J connectivity index is 2.20. The molecule has 448 valence electrons. The molecular weight excluding hydrogens is 1030 g/mol. The van der Waals surface area contributed by atoms with Gasteiger partial charge < -0.3 is 74.7 Å². The normalized spacial score (nSPS) is 25.0. The Morgan fingerprint density at radius 1 is 0.526 bits per heavy atom. The average molecular weight is 1140 g/mol. The number of hydrogen-bond acceptors (Lipinski definition) is 16. The van der Waals surface area contributed by atoms with Gasteiger partial charge in [0.15, 0.2) is 12.6 Å². The summed E-state index contributed by atoms with van der Waals surface area (Å²) in [7, 11) is -10.8. The molecule has 0 aliphatic carbocycles. The summed E-state index contributed by atoms with van der Waals surface area (Å²) in [5.41, 5.74) is 0. The molecule has 2 aliphatic rings. The second kappa shape index (κ2) is 40.5. The minimum atomic E-state index is -5.42. The molecule has 2 amide bonds. The number of phosphoric ester groups is 2. The maximum Gasteiger partial charge on any atom is 0.472 e. The first-order valence-corrected chi connectivity index (χ1v) is 31.8. The lowest BCUT2D eigenvalue weighted by Crippen LogP contribution is -2.67. The van der Waals surface area contributed by atoms with Gasteiger partial charge in [-0.3, -0.25) is 23.4 Å². The minimum Gasteiger partial charge on any atom is -0.462 e. The molecule has 0 aromatic carbocycles. The molecule has 2 heterocycles. The third kappa shape index (κ3) is 31.3. The van der Waals surface area contributed by atoms with Crippen LogP contribution in [0.4, 0.5) is 0 Å². The summed E-state index contributed by atoms with van der Waals surface area (Å²) in [6, 6.07) is -3.52. The zero-order valence-electron chi connectivity index (χ0n) is 45.9. The van der Waals surface area contributed by atoms with Crippen molar-refractivity contribution in [2.75, 3.05) is 13.2 Å². The molecule has 0 saturated carbocycles. The third-order valence-electron chi connectivity index (χ3n) is 14.0. The Morgan fingerprint density at radius 3 is 1.42 bits per heavy atom. The number of carbonyl (C=O) groups excluding carboxylic acids is 3. The summed E-state index contributed by atoms with van der Waals surface area (Å²) in [5.74, 6) is -2.11. The number of carbonyl (C=O) groups is 3. The number of nitrogens with one attached hydrogen (secondary N) is 2. The van der Waals surface area contributed by atoms with Gasteiger partial charge in [-0.1, -0.05) is 181 Å². The van der Waals surface area contributed by atoms with Gasteiger partial charge in [-0.15, -0.1) is 0 Å². The Morgan fingerprint density at radius 2 is 0.947 bits per heavy atom. The predicted molar refractivity (Wildman–Crippen MR) is 283 cm³/mol. The zero-order valence-corrected chi connectivity index (χ0v) is 47.7. The van der Waals surface area contributed by atoms with Crippen molar-refractivity contribution in [1.29, 1.82) is 0 Å². The molecule has 3 unspecified atom stereocenters. The van der Waals surface area contributed by atoms with Crippen LogP contribution in [0.1, 0.15) is 226 Å². The summed E-state index contributed by atoms with van der Waals surface area (Å²) in [4.78, 5) is 79.0. The minimum absolute atomic E-state index is 0.153. The van der Waals surface area contributed by atoms with Crippen molar-refractivity contribution in [2.45, 2.75) is 300 Å². The van der Waals surface area contributed by atoms with Crippen LogP contribution in [0.25, 0.3) is 0 Å². The smallest absolute Gasteiger partial charge is 0.462 e. The van der Waals surface area contributed by atoms with Crippen LogP contribution in [0.5, 0.6) is 0 Å². The second-order valence-electron chi connectivity index (χ2n) is 20.9. The van der Waals surface area contributed by atoms with Gasteiger partial charge in [0.05, 0.1) is 32.2 Å². The highest BCUT2D eigenvalue weighted by molar-refractivity contribution is 7.46. The van der Waals surface area contributed by atoms with Crippen molar-refractivity contribution in [2.24, 2.45) is 0 Å². The predicted octanol–water partition coefficient (Wildman–Crippen LogP) is 6.90. The lowest BCUT2D eigenvalue weighted by Gasteiger charge is -2.45. The van der Waals surface area contributed by atoms with Gasteiger partial charge in [-0.2, -0.15) is 0 Å². The Bertz CT molecular complexity index is 1640. The molecule has 12 atom stereocenters. The molecule has 22 nitrogen and oxygen atoms in total. The van der Waals surface area contributed by atoms with Crippen LogP contribution in [-0.4, -0.2) is 150 Å². The Hall–Kier alpha value is -1.69. The van der Waals surface area contributed by atoms with E-state index in [1.54, 1.807) is 0 Å². The molecule has 2 fully saturated rings. The molecule has 2 aliphatic heterocycles. The van der Waals surface area contributed by atoms with Gasteiger partial charge >= 0.3 is 21.6 Å². The molecular formula is C52H100N2O20P2. The summed E-state index contributed by atoms with van der Waals surface area (Å²) in [5, 5.41) is 59.7. The number of rotatable bonds is 45. The topological polar surface area (TPSA) is 347 Å². The SMILES string of the molecule is CCCCCCCCCCCC(=O)O[C@H](CCCCCCCCCCC)CC(=O)N[C@H]1[C@H](OCC2O[C@@H](OP(=O)(O)O)C(NC(=O)C[C@H](O)CCCCCCCCCCC)[C@@H](O)[C@H]2O)OC(CO)[C@H](OP(=O)(O)O)[C@@H]1O. The monoisotopic (exact) mass is 1130 g/mol. The van der Waals surface area contributed by atoms with E-state index in [4.69, 9.17) is 28.0 Å². The van der Waals surface area contributed by atoms with Crippen LogP contribution < -0.4 is 10.6 Å².